The Bertz CT molecular complexity index is 787. The quantitative estimate of drug-likeness (QED) is 0.781. The topological polar surface area (TPSA) is 59.1 Å². The molecule has 0 aromatic heterocycles. The highest BCUT2D eigenvalue weighted by molar-refractivity contribution is 5.79. The first-order valence-electron chi connectivity index (χ1n) is 10.5. The first-order chi connectivity index (χ1) is 13.6. The molecule has 28 heavy (non-hydrogen) atoms. The van der Waals surface area contributed by atoms with Gasteiger partial charge in [0.2, 0.25) is 12.7 Å². The van der Waals surface area contributed by atoms with Gasteiger partial charge in [0.25, 0.3) is 0 Å². The van der Waals surface area contributed by atoms with Gasteiger partial charge in [-0.15, -0.1) is 0 Å². The number of piperidine rings is 3. The number of hydrogen-bond acceptors (Lipinski definition) is 5. The molecule has 5 aliphatic rings. The van der Waals surface area contributed by atoms with Crippen molar-refractivity contribution in [1.29, 1.82) is 0 Å². The first kappa shape index (κ1) is 18.0. The van der Waals surface area contributed by atoms with Gasteiger partial charge in [-0.05, 0) is 62.9 Å². The summed E-state index contributed by atoms with van der Waals surface area (Å²) in [5.41, 5.74) is 1.24. The third kappa shape index (κ3) is 2.98. The molecule has 5 aliphatic heterocycles. The molecule has 0 unspecified atom stereocenters. The smallest absolute Gasteiger partial charge is 0.231 e. The van der Waals surface area contributed by atoms with Crippen molar-refractivity contribution < 1.29 is 19.1 Å². The van der Waals surface area contributed by atoms with E-state index in [0.29, 0.717) is 43.2 Å². The Balaban J connectivity index is 1.41. The average molecular weight is 384 g/mol. The molecule has 1 aromatic carbocycles. The Morgan fingerprint density at radius 2 is 1.86 bits per heavy atom. The van der Waals surface area contributed by atoms with Crippen molar-refractivity contribution >= 4 is 11.7 Å². The fourth-order valence-electron chi connectivity index (χ4n) is 5.77. The zero-order valence-corrected chi connectivity index (χ0v) is 16.4. The SMILES string of the molecule is CC(=O)CCCC(=O)N1C[C@H](c2ccc3c(c2)OCO3)[C@H]2[C@@H]1C1CCN2CC1. The van der Waals surface area contributed by atoms with Crippen molar-refractivity contribution in [2.75, 3.05) is 26.4 Å². The van der Waals surface area contributed by atoms with E-state index in [2.05, 4.69) is 21.9 Å². The second kappa shape index (κ2) is 7.07. The van der Waals surface area contributed by atoms with Gasteiger partial charge in [0.15, 0.2) is 11.5 Å². The van der Waals surface area contributed by atoms with Crippen LogP contribution in [-0.2, 0) is 9.59 Å². The molecule has 4 saturated heterocycles. The lowest BCUT2D eigenvalue weighted by atomic mass is 9.75. The van der Waals surface area contributed by atoms with E-state index in [1.807, 2.05) is 6.07 Å². The molecule has 6 rings (SSSR count). The molecule has 6 nitrogen and oxygen atoms in total. The molecule has 0 N–H and O–H groups in total. The fourth-order valence-corrected chi connectivity index (χ4v) is 5.77. The minimum absolute atomic E-state index is 0.160. The third-order valence-corrected chi connectivity index (χ3v) is 7.06. The Hall–Kier alpha value is -2.08. The van der Waals surface area contributed by atoms with Crippen molar-refractivity contribution in [1.82, 2.24) is 9.80 Å². The zero-order chi connectivity index (χ0) is 19.3. The Kier molecular flexibility index (Phi) is 4.54. The van der Waals surface area contributed by atoms with E-state index >= 15 is 0 Å². The van der Waals surface area contributed by atoms with E-state index in [4.69, 9.17) is 9.47 Å². The highest BCUT2D eigenvalue weighted by atomic mass is 16.7. The van der Waals surface area contributed by atoms with Gasteiger partial charge in [0, 0.05) is 31.3 Å². The zero-order valence-electron chi connectivity index (χ0n) is 16.4. The number of carbonyl (C=O) groups is 2. The van der Waals surface area contributed by atoms with Crippen LogP contribution in [0.2, 0.25) is 0 Å². The Morgan fingerprint density at radius 3 is 2.64 bits per heavy atom. The van der Waals surface area contributed by atoms with Gasteiger partial charge in [0.05, 0.1) is 6.04 Å². The van der Waals surface area contributed by atoms with Crippen LogP contribution >= 0.6 is 0 Å². The molecule has 150 valence electrons. The second-order valence-corrected chi connectivity index (χ2v) is 8.68. The lowest BCUT2D eigenvalue weighted by Gasteiger charge is -2.51. The number of nitrogens with zero attached hydrogens (tertiary/aromatic N) is 2. The van der Waals surface area contributed by atoms with E-state index in [-0.39, 0.29) is 18.5 Å². The van der Waals surface area contributed by atoms with E-state index in [9.17, 15) is 9.59 Å². The Morgan fingerprint density at radius 1 is 1.07 bits per heavy atom. The first-order valence-corrected chi connectivity index (χ1v) is 10.5. The summed E-state index contributed by atoms with van der Waals surface area (Å²) < 4.78 is 11.1. The number of hydrogen-bond donors (Lipinski definition) is 0. The van der Waals surface area contributed by atoms with Crippen molar-refractivity contribution in [3.63, 3.8) is 0 Å². The number of fused-ring (bicyclic) bond motifs is 3. The normalized spacial score (nSPS) is 32.5. The van der Waals surface area contributed by atoms with Crippen LogP contribution in [0.3, 0.4) is 0 Å². The van der Waals surface area contributed by atoms with Gasteiger partial charge in [0.1, 0.15) is 5.78 Å². The second-order valence-electron chi connectivity index (χ2n) is 8.68. The summed E-state index contributed by atoms with van der Waals surface area (Å²) >= 11 is 0. The van der Waals surface area contributed by atoms with Gasteiger partial charge in [-0.2, -0.15) is 0 Å². The number of benzene rings is 1. The maximum atomic E-state index is 13.1. The highest BCUT2D eigenvalue weighted by Crippen LogP contribution is 2.48. The molecule has 5 heterocycles. The number of carbonyl (C=O) groups excluding carboxylic acids is 2. The summed E-state index contributed by atoms with van der Waals surface area (Å²) in [6, 6.07) is 6.95. The van der Waals surface area contributed by atoms with Crippen LogP contribution in [0, 0.1) is 5.92 Å². The molecule has 3 atom stereocenters. The van der Waals surface area contributed by atoms with Crippen LogP contribution < -0.4 is 9.47 Å². The molecule has 2 bridgehead atoms. The van der Waals surface area contributed by atoms with Crippen LogP contribution in [0.1, 0.15) is 50.5 Å². The molecule has 0 saturated carbocycles. The maximum Gasteiger partial charge on any atom is 0.231 e. The Labute approximate surface area is 165 Å². The lowest BCUT2D eigenvalue weighted by Crippen LogP contribution is -2.60. The standard InChI is InChI=1S/C22H28N2O4/c1-14(25)3-2-4-20(26)24-12-17(16-5-6-18-19(11-16)28-13-27-18)22-21(24)15-7-9-23(22)10-8-15/h5-6,11,15,17,21-22H,2-4,7-10,12-13H2,1H3/t17-,21+,22+/m1/s1. The summed E-state index contributed by atoms with van der Waals surface area (Å²) in [7, 11) is 0. The number of Topliss-reactive ketones (excluding diaryl/α,β-unsaturated/α-hetero) is 1. The maximum absolute atomic E-state index is 13.1. The number of ketones is 1. The minimum atomic E-state index is 0.160. The molecule has 1 aromatic rings. The van der Waals surface area contributed by atoms with Gasteiger partial charge in [-0.1, -0.05) is 6.07 Å². The average Bonchev–Trinajstić information content (AvgIpc) is 3.33. The summed E-state index contributed by atoms with van der Waals surface area (Å²) in [4.78, 5) is 29.1. The van der Waals surface area contributed by atoms with Crippen molar-refractivity contribution in [2.24, 2.45) is 5.92 Å². The molecule has 6 heteroatoms. The molecule has 0 spiro atoms. The number of ether oxygens (including phenoxy) is 2. The largest absolute Gasteiger partial charge is 0.454 e. The predicted molar refractivity (Wildman–Crippen MR) is 103 cm³/mol. The fraction of sp³-hybridized carbons (Fsp3) is 0.636. The van der Waals surface area contributed by atoms with Crippen molar-refractivity contribution in [2.45, 2.75) is 57.0 Å². The van der Waals surface area contributed by atoms with Gasteiger partial charge < -0.3 is 19.2 Å². The molecular weight excluding hydrogens is 356 g/mol. The lowest BCUT2D eigenvalue weighted by molar-refractivity contribution is -0.136. The van der Waals surface area contributed by atoms with Crippen LogP contribution in [0.15, 0.2) is 18.2 Å². The van der Waals surface area contributed by atoms with Gasteiger partial charge in [-0.25, -0.2) is 0 Å². The molecular formula is C22H28N2O4. The summed E-state index contributed by atoms with van der Waals surface area (Å²) in [5, 5.41) is 0. The summed E-state index contributed by atoms with van der Waals surface area (Å²) in [6.07, 6.45) is 4.00. The summed E-state index contributed by atoms with van der Waals surface area (Å²) in [5.74, 6) is 2.91. The van der Waals surface area contributed by atoms with Crippen molar-refractivity contribution in [3.8, 4) is 11.5 Å². The van der Waals surface area contributed by atoms with E-state index in [1.165, 1.54) is 18.4 Å². The molecule has 1 amide bonds. The van der Waals surface area contributed by atoms with Crippen LogP contribution in [0.4, 0.5) is 0 Å². The van der Waals surface area contributed by atoms with Gasteiger partial charge >= 0.3 is 0 Å². The third-order valence-electron chi connectivity index (χ3n) is 7.06. The van der Waals surface area contributed by atoms with Crippen LogP contribution in [0.5, 0.6) is 11.5 Å². The monoisotopic (exact) mass is 384 g/mol. The van der Waals surface area contributed by atoms with Crippen molar-refractivity contribution in [3.05, 3.63) is 23.8 Å². The van der Waals surface area contributed by atoms with E-state index < -0.39 is 0 Å². The summed E-state index contributed by atoms with van der Waals surface area (Å²) in [6.45, 7) is 4.92. The van der Waals surface area contributed by atoms with E-state index in [1.54, 1.807) is 6.92 Å². The number of likely N-dealkylation sites (tertiary alicyclic amines) is 1. The van der Waals surface area contributed by atoms with Gasteiger partial charge in [-0.3, -0.25) is 9.69 Å². The van der Waals surface area contributed by atoms with Crippen LogP contribution in [-0.4, -0.2) is 60.0 Å². The minimum Gasteiger partial charge on any atom is -0.454 e. The molecule has 0 radical (unpaired) electrons. The number of amides is 1. The number of rotatable bonds is 5. The van der Waals surface area contributed by atoms with Crippen LogP contribution in [0.25, 0.3) is 0 Å². The highest BCUT2D eigenvalue weighted by Gasteiger charge is 2.54. The van der Waals surface area contributed by atoms with E-state index in [0.717, 1.165) is 31.1 Å². The molecule has 0 aliphatic carbocycles. The molecule has 4 fully saturated rings. The predicted octanol–water partition coefficient (Wildman–Crippen LogP) is 2.56.